The average molecular weight is 522 g/mol. The van der Waals surface area contributed by atoms with E-state index in [1.165, 1.54) is 0 Å². The van der Waals surface area contributed by atoms with E-state index in [0.717, 1.165) is 42.6 Å². The van der Waals surface area contributed by atoms with E-state index in [9.17, 15) is 19.5 Å². The molecular formula is C26H31N7O5. The van der Waals surface area contributed by atoms with Crippen molar-refractivity contribution in [3.63, 3.8) is 0 Å². The number of carboxylic acids is 1. The zero-order valence-electron chi connectivity index (χ0n) is 20.7. The molecule has 7 N–H and O–H groups in total. The molecule has 200 valence electrons. The molecule has 4 rings (SSSR count). The van der Waals surface area contributed by atoms with Crippen LogP contribution >= 0.6 is 0 Å². The number of aryl methyl sites for hydroxylation is 1. The first-order chi connectivity index (χ1) is 18.5. The Morgan fingerprint density at radius 2 is 2.00 bits per heavy atom. The van der Waals surface area contributed by atoms with Crippen LogP contribution in [0, 0.1) is 0 Å². The smallest absolute Gasteiger partial charge is 0.408 e. The van der Waals surface area contributed by atoms with Crippen LogP contribution in [-0.4, -0.2) is 65.2 Å². The number of ether oxygens (including phenoxy) is 1. The molecule has 38 heavy (non-hydrogen) atoms. The van der Waals surface area contributed by atoms with E-state index in [1.54, 1.807) is 36.4 Å². The quantitative estimate of drug-likeness (QED) is 0.173. The largest absolute Gasteiger partial charge is 0.480 e. The fourth-order valence-corrected chi connectivity index (χ4v) is 3.91. The van der Waals surface area contributed by atoms with E-state index in [1.807, 2.05) is 24.4 Å². The van der Waals surface area contributed by atoms with Crippen molar-refractivity contribution in [1.82, 2.24) is 36.8 Å². The number of nitrogens with one attached hydrogen (secondary N) is 6. The molecule has 0 radical (unpaired) electrons. The summed E-state index contributed by atoms with van der Waals surface area (Å²) in [7, 11) is 0. The summed E-state index contributed by atoms with van der Waals surface area (Å²) >= 11 is 0. The fraction of sp³-hybridized carbons (Fsp3) is 0.308. The molecular weight excluding hydrogens is 490 g/mol. The van der Waals surface area contributed by atoms with E-state index in [4.69, 9.17) is 4.74 Å². The summed E-state index contributed by atoms with van der Waals surface area (Å²) in [6.07, 6.45) is 4.76. The third kappa shape index (κ3) is 7.54. The number of nitrogens with zero attached hydrogens (tertiary/aromatic N) is 1. The van der Waals surface area contributed by atoms with Gasteiger partial charge >= 0.3 is 12.1 Å². The van der Waals surface area contributed by atoms with Crippen LogP contribution in [0.4, 0.5) is 4.79 Å². The Bertz CT molecular complexity index is 1280. The van der Waals surface area contributed by atoms with Crippen molar-refractivity contribution in [3.05, 3.63) is 77.6 Å². The van der Waals surface area contributed by atoms with Gasteiger partial charge in [0, 0.05) is 29.7 Å². The minimum atomic E-state index is -1.36. The molecule has 2 amide bonds. The van der Waals surface area contributed by atoms with Gasteiger partial charge in [-0.2, -0.15) is 5.10 Å². The highest BCUT2D eigenvalue weighted by atomic mass is 16.5. The monoisotopic (exact) mass is 521 g/mol. The van der Waals surface area contributed by atoms with Gasteiger partial charge in [-0.15, -0.1) is 0 Å². The molecule has 1 aliphatic heterocycles. The lowest BCUT2D eigenvalue weighted by atomic mass is 10.1. The SMILES string of the molecule is O=C(NC(CNC(=O)c1ccc2c(CCCNC3NC=CCN3)[nH]nc2c1)C(=O)O)OCc1ccccc1. The normalized spacial score (nSPS) is 15.4. The lowest BCUT2D eigenvalue weighted by molar-refractivity contribution is -0.139. The lowest BCUT2D eigenvalue weighted by Crippen LogP contribution is -2.53. The van der Waals surface area contributed by atoms with Gasteiger partial charge in [0.1, 0.15) is 18.9 Å². The zero-order valence-corrected chi connectivity index (χ0v) is 20.7. The number of hydrogen-bond acceptors (Lipinski definition) is 8. The maximum absolute atomic E-state index is 12.7. The summed E-state index contributed by atoms with van der Waals surface area (Å²) in [6, 6.07) is 12.8. The Morgan fingerprint density at radius 3 is 2.76 bits per heavy atom. The highest BCUT2D eigenvalue weighted by molar-refractivity contribution is 5.98. The molecule has 12 heteroatoms. The van der Waals surface area contributed by atoms with E-state index in [0.29, 0.717) is 11.1 Å². The number of aliphatic carboxylic acids is 1. The van der Waals surface area contributed by atoms with Crippen LogP contribution in [0.1, 0.15) is 28.0 Å². The van der Waals surface area contributed by atoms with Gasteiger partial charge in [0.05, 0.1) is 5.52 Å². The van der Waals surface area contributed by atoms with E-state index >= 15 is 0 Å². The molecule has 12 nitrogen and oxygen atoms in total. The van der Waals surface area contributed by atoms with E-state index in [-0.39, 0.29) is 19.4 Å². The number of fused-ring (bicyclic) bond motifs is 1. The molecule has 2 unspecified atom stereocenters. The standard InChI is InChI=1S/C26H31N7O5/c34-23(30-15-22(24(35)36)31-26(37)38-16-17-6-2-1-3-7-17)18-9-10-19-20(32-33-21(19)14-18)8-4-11-27-25-28-12-5-13-29-25/h1-3,5-7,9-10,12,14,22,25,27-29H,4,8,11,13,15-16H2,(H,30,34)(H,31,37)(H,32,33)(H,35,36). The molecule has 0 spiro atoms. The minimum absolute atomic E-state index is 0.0000811. The number of rotatable bonds is 12. The molecule has 2 atom stereocenters. The van der Waals surface area contributed by atoms with Crippen molar-refractivity contribution < 1.29 is 24.2 Å². The number of H-pyrrole nitrogens is 1. The number of carbonyl (C=O) groups excluding carboxylic acids is 2. The predicted octanol–water partition coefficient (Wildman–Crippen LogP) is 1.18. The van der Waals surface area contributed by atoms with Crippen LogP contribution in [0.25, 0.3) is 10.9 Å². The van der Waals surface area contributed by atoms with Crippen LogP contribution in [0.3, 0.4) is 0 Å². The molecule has 1 aliphatic rings. The number of amides is 2. The van der Waals surface area contributed by atoms with Gasteiger partial charge in [-0.05, 0) is 43.3 Å². The van der Waals surface area contributed by atoms with Crippen LogP contribution in [0.5, 0.6) is 0 Å². The second-order valence-electron chi connectivity index (χ2n) is 8.71. The highest BCUT2D eigenvalue weighted by Crippen LogP contribution is 2.19. The van der Waals surface area contributed by atoms with Gasteiger partial charge in [0.2, 0.25) is 0 Å². The molecule has 3 aromatic rings. The van der Waals surface area contributed by atoms with E-state index in [2.05, 4.69) is 36.8 Å². The predicted molar refractivity (Wildman–Crippen MR) is 140 cm³/mol. The summed E-state index contributed by atoms with van der Waals surface area (Å²) in [5.41, 5.74) is 2.71. The van der Waals surface area contributed by atoms with E-state index < -0.39 is 24.0 Å². The summed E-state index contributed by atoms with van der Waals surface area (Å²) < 4.78 is 5.07. The van der Waals surface area contributed by atoms with Crippen LogP contribution in [0.15, 0.2) is 60.8 Å². The first-order valence-electron chi connectivity index (χ1n) is 12.3. The average Bonchev–Trinajstić information content (AvgIpc) is 3.35. The van der Waals surface area contributed by atoms with Crippen molar-refractivity contribution >= 4 is 28.9 Å². The molecule has 0 bridgehead atoms. The third-order valence-corrected chi connectivity index (χ3v) is 5.94. The molecule has 0 saturated heterocycles. The Morgan fingerprint density at radius 1 is 1.16 bits per heavy atom. The first-order valence-corrected chi connectivity index (χ1v) is 12.3. The van der Waals surface area contributed by atoms with Crippen molar-refractivity contribution in [2.75, 3.05) is 19.6 Å². The molecule has 2 aromatic carbocycles. The molecule has 0 fully saturated rings. The van der Waals surface area contributed by atoms with Gasteiger partial charge < -0.3 is 25.8 Å². The van der Waals surface area contributed by atoms with Crippen molar-refractivity contribution in [3.8, 4) is 0 Å². The molecule has 0 saturated carbocycles. The Labute approximate surface area is 219 Å². The maximum atomic E-state index is 12.7. The number of hydrogen-bond donors (Lipinski definition) is 7. The maximum Gasteiger partial charge on any atom is 0.408 e. The van der Waals surface area contributed by atoms with Gasteiger partial charge in [0.15, 0.2) is 0 Å². The van der Waals surface area contributed by atoms with Gasteiger partial charge in [-0.25, -0.2) is 9.59 Å². The number of carbonyl (C=O) groups is 3. The fourth-order valence-electron chi connectivity index (χ4n) is 3.91. The van der Waals surface area contributed by atoms with Crippen LogP contribution in [0.2, 0.25) is 0 Å². The number of benzene rings is 2. The van der Waals surface area contributed by atoms with Crippen LogP contribution < -0.4 is 26.6 Å². The van der Waals surface area contributed by atoms with Crippen molar-refractivity contribution in [2.45, 2.75) is 31.8 Å². The molecule has 1 aromatic heterocycles. The van der Waals surface area contributed by atoms with Crippen molar-refractivity contribution in [1.29, 1.82) is 0 Å². The Hall–Kier alpha value is -4.42. The minimum Gasteiger partial charge on any atom is -0.480 e. The summed E-state index contributed by atoms with van der Waals surface area (Å²) in [5, 5.41) is 32.4. The summed E-state index contributed by atoms with van der Waals surface area (Å²) in [5.74, 6) is -1.77. The Balaban J connectivity index is 1.25. The summed E-state index contributed by atoms with van der Waals surface area (Å²) in [4.78, 5) is 36.3. The zero-order chi connectivity index (χ0) is 26.7. The highest BCUT2D eigenvalue weighted by Gasteiger charge is 2.22. The van der Waals surface area contributed by atoms with Crippen LogP contribution in [-0.2, 0) is 22.6 Å². The third-order valence-electron chi connectivity index (χ3n) is 5.94. The number of carboxylic acid groups (broad SMARTS) is 1. The second-order valence-corrected chi connectivity index (χ2v) is 8.71. The summed E-state index contributed by atoms with van der Waals surface area (Å²) in [6.45, 7) is 1.31. The van der Waals surface area contributed by atoms with Gasteiger partial charge in [-0.1, -0.05) is 42.5 Å². The van der Waals surface area contributed by atoms with Gasteiger partial charge in [-0.3, -0.25) is 20.5 Å². The lowest BCUT2D eigenvalue weighted by Gasteiger charge is -2.22. The topological polar surface area (TPSA) is 170 Å². The van der Waals surface area contributed by atoms with Gasteiger partial charge in [0.25, 0.3) is 5.91 Å². The Kier molecular flexibility index (Phi) is 9.27. The number of aromatic nitrogens is 2. The second kappa shape index (κ2) is 13.2. The van der Waals surface area contributed by atoms with Crippen molar-refractivity contribution in [2.24, 2.45) is 0 Å². The molecule has 0 aliphatic carbocycles. The first kappa shape index (κ1) is 26.6. The molecule has 2 heterocycles. The number of alkyl carbamates (subject to hydrolysis) is 1. The number of aromatic amines is 1.